The number of thiazole rings is 1. The second-order valence-electron chi connectivity index (χ2n) is 9.10. The highest BCUT2D eigenvalue weighted by Gasteiger charge is 2.34. The predicted molar refractivity (Wildman–Crippen MR) is 137 cm³/mol. The number of hydrogen-bond donors (Lipinski definition) is 1. The van der Waals surface area contributed by atoms with E-state index in [4.69, 9.17) is 0 Å². The molecule has 0 saturated carbocycles. The third-order valence-electron chi connectivity index (χ3n) is 6.23. The van der Waals surface area contributed by atoms with Crippen molar-refractivity contribution in [2.75, 3.05) is 5.32 Å². The number of anilines is 1. The van der Waals surface area contributed by atoms with Crippen LogP contribution in [0.15, 0.2) is 45.7 Å². The van der Waals surface area contributed by atoms with Gasteiger partial charge in [-0.1, -0.05) is 6.58 Å². The van der Waals surface area contributed by atoms with E-state index < -0.39 is 53.0 Å². The van der Waals surface area contributed by atoms with Gasteiger partial charge in [0.05, 0.1) is 18.4 Å². The molecule has 1 N–H and O–H groups in total. The van der Waals surface area contributed by atoms with Crippen molar-refractivity contribution in [1.29, 1.82) is 0 Å². The zero-order chi connectivity index (χ0) is 29.7. The molecule has 0 aromatic carbocycles. The fraction of sp³-hybridized carbons (Fsp3) is 0.333. The minimum atomic E-state index is -4.60. The number of amides is 1. The maximum atomic E-state index is 14.3. The van der Waals surface area contributed by atoms with Gasteiger partial charge in [0.2, 0.25) is 5.91 Å². The molecule has 0 aliphatic carbocycles. The summed E-state index contributed by atoms with van der Waals surface area (Å²) >= 11 is 0.975. The number of nitrogens with one attached hydrogen (secondary N) is 1. The van der Waals surface area contributed by atoms with E-state index in [-0.39, 0.29) is 33.2 Å². The Hall–Kier alpha value is -4.21. The first-order chi connectivity index (χ1) is 18.5. The fourth-order valence-electron chi connectivity index (χ4n) is 3.81. The molecule has 16 heteroatoms. The number of fused-ring (bicyclic) bond motifs is 1. The topological polar surface area (TPSA) is 117 Å². The second kappa shape index (κ2) is 10.1. The van der Waals surface area contributed by atoms with E-state index in [0.29, 0.717) is 4.57 Å². The molecule has 0 bridgehead atoms. The monoisotopic (exact) mass is 583 g/mol. The molecule has 0 saturated heterocycles. The molecule has 4 rings (SSSR count). The number of allylic oxidation sites excluding steroid dienone is 1. The van der Waals surface area contributed by atoms with E-state index in [1.807, 2.05) is 0 Å². The average molecular weight is 584 g/mol. The summed E-state index contributed by atoms with van der Waals surface area (Å²) < 4.78 is 70.9. The molecule has 1 amide bonds. The molecule has 212 valence electrons. The summed E-state index contributed by atoms with van der Waals surface area (Å²) in [6.07, 6.45) is -2.24. The summed E-state index contributed by atoms with van der Waals surface area (Å²) in [6.45, 7) is 5.66. The molecule has 0 aliphatic rings. The van der Waals surface area contributed by atoms with Gasteiger partial charge in [0.25, 0.3) is 11.5 Å². The van der Waals surface area contributed by atoms with Crippen LogP contribution in [0.3, 0.4) is 0 Å². The summed E-state index contributed by atoms with van der Waals surface area (Å²) in [6, 6.07) is -0.215. The lowest BCUT2D eigenvalue weighted by atomic mass is 10.1. The number of hydrogen-bond acceptors (Lipinski definition) is 7. The van der Waals surface area contributed by atoms with E-state index >= 15 is 0 Å². The molecule has 4 aromatic rings. The van der Waals surface area contributed by atoms with E-state index in [1.165, 1.54) is 32.5 Å². The Bertz CT molecular complexity index is 1770. The van der Waals surface area contributed by atoms with Gasteiger partial charge in [-0.3, -0.25) is 23.7 Å². The number of imidazole rings is 1. The molecule has 40 heavy (non-hydrogen) atoms. The van der Waals surface area contributed by atoms with Crippen molar-refractivity contribution < 1.29 is 26.7 Å². The number of halogens is 5. The van der Waals surface area contributed by atoms with Crippen LogP contribution >= 0.6 is 11.3 Å². The molecular formula is C24H22F5N7O3S. The average Bonchev–Trinajstić information content (AvgIpc) is 3.52. The zero-order valence-corrected chi connectivity index (χ0v) is 22.3. The van der Waals surface area contributed by atoms with Gasteiger partial charge in [-0.15, -0.1) is 11.3 Å². The van der Waals surface area contributed by atoms with Crippen molar-refractivity contribution in [2.45, 2.75) is 45.5 Å². The molecule has 0 fully saturated rings. The van der Waals surface area contributed by atoms with Gasteiger partial charge in [-0.2, -0.15) is 22.0 Å². The Morgan fingerprint density at radius 2 is 1.88 bits per heavy atom. The largest absolute Gasteiger partial charge is 0.418 e. The summed E-state index contributed by atoms with van der Waals surface area (Å²) in [5, 5.41) is 4.10. The predicted octanol–water partition coefficient (Wildman–Crippen LogP) is 4.15. The van der Waals surface area contributed by atoms with Crippen molar-refractivity contribution in [3.05, 3.63) is 68.2 Å². The van der Waals surface area contributed by atoms with Crippen molar-refractivity contribution in [3.8, 4) is 10.6 Å². The SMILES string of the molecule is C=C(C)C(F)(F)Cn1c(=O)c2c(ncn2[C@@H](C)C(=O)Nc2csc(-c3cnc(C)c(C(F)(F)F)c3)n2)n(C)c1=O. The van der Waals surface area contributed by atoms with E-state index in [1.54, 1.807) is 0 Å². The molecule has 0 spiro atoms. The molecule has 10 nitrogen and oxygen atoms in total. The smallest absolute Gasteiger partial charge is 0.312 e. The maximum Gasteiger partial charge on any atom is 0.418 e. The van der Waals surface area contributed by atoms with Crippen molar-refractivity contribution in [2.24, 2.45) is 7.05 Å². The third-order valence-corrected chi connectivity index (χ3v) is 7.12. The number of aromatic nitrogens is 6. The van der Waals surface area contributed by atoms with E-state index in [0.717, 1.165) is 39.8 Å². The lowest BCUT2D eigenvalue weighted by molar-refractivity contribution is -0.138. The van der Waals surface area contributed by atoms with E-state index in [2.05, 4.69) is 26.8 Å². The number of aryl methyl sites for hydroxylation is 2. The quantitative estimate of drug-likeness (QED) is 0.258. The molecule has 4 heterocycles. The van der Waals surface area contributed by atoms with Crippen molar-refractivity contribution >= 4 is 34.2 Å². The number of carbonyl (C=O) groups is 1. The summed E-state index contributed by atoms with van der Waals surface area (Å²) in [4.78, 5) is 50.8. The van der Waals surface area contributed by atoms with Gasteiger partial charge in [0.1, 0.15) is 16.9 Å². The zero-order valence-electron chi connectivity index (χ0n) is 21.5. The minimum absolute atomic E-state index is 0.0290. The summed E-state index contributed by atoms with van der Waals surface area (Å²) in [7, 11) is 1.25. The lowest BCUT2D eigenvalue weighted by Gasteiger charge is -2.18. The van der Waals surface area contributed by atoms with Gasteiger partial charge in [-0.25, -0.2) is 14.8 Å². The molecule has 1 atom stereocenters. The maximum absolute atomic E-state index is 14.3. The number of alkyl halides is 5. The number of pyridine rings is 1. The molecule has 0 aliphatic heterocycles. The first kappa shape index (κ1) is 28.8. The third kappa shape index (κ3) is 5.17. The van der Waals surface area contributed by atoms with Gasteiger partial charge >= 0.3 is 11.9 Å². The van der Waals surface area contributed by atoms with Crippen LogP contribution in [0.25, 0.3) is 21.7 Å². The van der Waals surface area contributed by atoms with Crippen LogP contribution in [-0.4, -0.2) is 40.5 Å². The second-order valence-corrected chi connectivity index (χ2v) is 9.96. The first-order valence-corrected chi connectivity index (χ1v) is 12.4. The van der Waals surface area contributed by atoms with Gasteiger partial charge in [0.15, 0.2) is 11.2 Å². The molecule has 0 radical (unpaired) electrons. The van der Waals surface area contributed by atoms with Crippen LogP contribution in [-0.2, 0) is 24.6 Å². The van der Waals surface area contributed by atoms with Crippen LogP contribution in [0.2, 0.25) is 0 Å². The van der Waals surface area contributed by atoms with Crippen LogP contribution in [0.1, 0.15) is 31.1 Å². The van der Waals surface area contributed by atoms with Crippen molar-refractivity contribution in [1.82, 2.24) is 28.7 Å². The Kier molecular flexibility index (Phi) is 7.25. The highest BCUT2D eigenvalue weighted by atomic mass is 32.1. The highest BCUT2D eigenvalue weighted by molar-refractivity contribution is 7.13. The number of nitrogens with zero attached hydrogens (tertiary/aromatic N) is 6. The Labute approximate surface area is 226 Å². The number of rotatable bonds is 7. The van der Waals surface area contributed by atoms with Gasteiger partial charge < -0.3 is 9.88 Å². The Balaban J connectivity index is 1.64. The van der Waals surface area contributed by atoms with Crippen molar-refractivity contribution in [3.63, 3.8) is 0 Å². The van der Waals surface area contributed by atoms with Gasteiger partial charge in [-0.05, 0) is 32.4 Å². The normalized spacial score (nSPS) is 13.0. The van der Waals surface area contributed by atoms with Crippen LogP contribution in [0, 0.1) is 6.92 Å². The Morgan fingerprint density at radius 1 is 1.20 bits per heavy atom. The van der Waals surface area contributed by atoms with Crippen LogP contribution < -0.4 is 16.6 Å². The lowest BCUT2D eigenvalue weighted by Crippen LogP contribution is -2.44. The standard InChI is InChI=1S/C24H22F5N7O3S/c1-11(2)23(25,26)9-35-21(38)17-18(34(5)22(35)39)31-10-36(17)13(4)19(37)32-16-8-40-20(33-16)14-6-15(24(27,28)29)12(3)30-7-14/h6-8,10,13H,1,9H2,2-5H3,(H,32,37)/t13-/m0/s1. The van der Waals surface area contributed by atoms with Gasteiger partial charge in [0, 0.05) is 29.9 Å². The Morgan fingerprint density at radius 3 is 2.50 bits per heavy atom. The first-order valence-electron chi connectivity index (χ1n) is 11.5. The minimum Gasteiger partial charge on any atom is -0.312 e. The molecule has 4 aromatic heterocycles. The highest BCUT2D eigenvalue weighted by Crippen LogP contribution is 2.35. The number of carbonyl (C=O) groups excluding carboxylic acids is 1. The fourth-order valence-corrected chi connectivity index (χ4v) is 4.55. The molecular weight excluding hydrogens is 561 g/mol. The summed E-state index contributed by atoms with van der Waals surface area (Å²) in [5.74, 6) is -4.21. The summed E-state index contributed by atoms with van der Waals surface area (Å²) in [5.41, 5.74) is -4.00. The van der Waals surface area contributed by atoms with E-state index in [9.17, 15) is 36.3 Å². The molecule has 0 unspecified atom stereocenters. The van der Waals surface area contributed by atoms with Crippen LogP contribution in [0.5, 0.6) is 0 Å². The van der Waals surface area contributed by atoms with Crippen LogP contribution in [0.4, 0.5) is 27.8 Å².